The van der Waals surface area contributed by atoms with Gasteiger partial charge in [-0.25, -0.2) is 4.79 Å². The van der Waals surface area contributed by atoms with E-state index in [2.05, 4.69) is 10.6 Å². The van der Waals surface area contributed by atoms with E-state index >= 15 is 0 Å². The number of hydrogen-bond acceptors (Lipinski definition) is 5. The second kappa shape index (κ2) is 11.8. The summed E-state index contributed by atoms with van der Waals surface area (Å²) in [5.74, 6) is -0.606. The zero-order chi connectivity index (χ0) is 23.5. The highest BCUT2D eigenvalue weighted by atomic mass is 16.5. The van der Waals surface area contributed by atoms with E-state index in [1.54, 1.807) is 48.5 Å². The van der Waals surface area contributed by atoms with Crippen molar-refractivity contribution < 1.29 is 19.1 Å². The molecule has 0 fully saturated rings. The Hall–Kier alpha value is -4.44. The minimum atomic E-state index is -0.947. The fourth-order valence-corrected chi connectivity index (χ4v) is 3.15. The van der Waals surface area contributed by atoms with Gasteiger partial charge in [-0.2, -0.15) is 5.26 Å². The van der Waals surface area contributed by atoms with Crippen LogP contribution in [0.5, 0.6) is 0 Å². The molecular weight excluding hydrogens is 418 g/mol. The molecule has 0 radical (unpaired) electrons. The van der Waals surface area contributed by atoms with Crippen LogP contribution >= 0.6 is 0 Å². The normalized spacial score (nSPS) is 11.0. The van der Waals surface area contributed by atoms with Gasteiger partial charge in [0.05, 0.1) is 6.07 Å². The van der Waals surface area contributed by atoms with Crippen LogP contribution in [0.4, 0.5) is 4.79 Å². The number of amides is 2. The van der Waals surface area contributed by atoms with Crippen LogP contribution < -0.4 is 10.6 Å². The van der Waals surface area contributed by atoms with Crippen LogP contribution in [0.25, 0.3) is 0 Å². The quantitative estimate of drug-likeness (QED) is 0.391. The molecule has 0 spiro atoms. The summed E-state index contributed by atoms with van der Waals surface area (Å²) in [5.41, 5.74) is 2.66. The molecule has 0 aliphatic heterocycles. The third-order valence-electron chi connectivity index (χ3n) is 4.85. The van der Waals surface area contributed by atoms with Gasteiger partial charge in [0.2, 0.25) is 5.91 Å². The zero-order valence-electron chi connectivity index (χ0n) is 17.9. The molecule has 33 heavy (non-hydrogen) atoms. The summed E-state index contributed by atoms with van der Waals surface area (Å²) in [5, 5.41) is 13.8. The van der Waals surface area contributed by atoms with Crippen LogP contribution in [0.1, 0.15) is 27.0 Å². The number of hydrogen-bond donors (Lipinski definition) is 2. The molecule has 2 amide bonds. The summed E-state index contributed by atoms with van der Waals surface area (Å²) < 4.78 is 5.21. The first-order chi connectivity index (χ1) is 16.1. The van der Waals surface area contributed by atoms with Crippen LogP contribution in [0.2, 0.25) is 0 Å². The number of benzene rings is 3. The molecule has 7 heteroatoms. The molecule has 0 aliphatic rings. The van der Waals surface area contributed by atoms with Gasteiger partial charge in [0.25, 0.3) is 0 Å². The molecule has 1 atom stereocenters. The standard InChI is InChI=1S/C26H23N3O4/c27-15-16-28-25(31)23(29-26(32)33-18-20-7-3-1-4-8-20)17-19-11-13-22(14-12-19)24(30)21-9-5-2-6-10-21/h1-14,23H,16-18H2,(H,28,31)(H,29,32)/t23-/m1/s1. The molecule has 0 heterocycles. The van der Waals surface area contributed by atoms with Crippen molar-refractivity contribution in [2.75, 3.05) is 6.54 Å². The van der Waals surface area contributed by atoms with Crippen molar-refractivity contribution in [1.29, 1.82) is 5.26 Å². The summed E-state index contributed by atoms with van der Waals surface area (Å²) >= 11 is 0. The fourth-order valence-electron chi connectivity index (χ4n) is 3.15. The van der Waals surface area contributed by atoms with Crippen molar-refractivity contribution in [3.8, 4) is 6.07 Å². The Balaban J connectivity index is 1.65. The van der Waals surface area contributed by atoms with Gasteiger partial charge in [0.1, 0.15) is 19.2 Å². The predicted molar refractivity (Wildman–Crippen MR) is 122 cm³/mol. The Kier molecular flexibility index (Phi) is 8.32. The van der Waals surface area contributed by atoms with E-state index in [-0.39, 0.29) is 25.4 Å². The largest absolute Gasteiger partial charge is 0.445 e. The molecule has 3 rings (SSSR count). The monoisotopic (exact) mass is 441 g/mol. The lowest BCUT2D eigenvalue weighted by atomic mass is 9.99. The lowest BCUT2D eigenvalue weighted by Crippen LogP contribution is -2.48. The number of carbonyl (C=O) groups excluding carboxylic acids is 3. The van der Waals surface area contributed by atoms with E-state index in [4.69, 9.17) is 10.00 Å². The number of nitrogens with one attached hydrogen (secondary N) is 2. The summed E-state index contributed by atoms with van der Waals surface area (Å²) in [7, 11) is 0. The van der Waals surface area contributed by atoms with Crippen molar-refractivity contribution in [2.45, 2.75) is 19.1 Å². The summed E-state index contributed by atoms with van der Waals surface area (Å²) in [6, 6.07) is 25.8. The molecule has 0 saturated heterocycles. The minimum absolute atomic E-state index is 0.0650. The number of carbonyl (C=O) groups is 3. The van der Waals surface area contributed by atoms with Gasteiger partial charge in [-0.05, 0) is 11.1 Å². The maximum Gasteiger partial charge on any atom is 0.408 e. The van der Waals surface area contributed by atoms with Crippen molar-refractivity contribution in [1.82, 2.24) is 10.6 Å². The van der Waals surface area contributed by atoms with Gasteiger partial charge in [-0.3, -0.25) is 9.59 Å². The Morgan fingerprint density at radius 1 is 0.818 bits per heavy atom. The van der Waals surface area contributed by atoms with Crippen LogP contribution in [-0.4, -0.2) is 30.4 Å². The summed E-state index contributed by atoms with van der Waals surface area (Å²) in [6.45, 7) is -0.115. The molecule has 0 bridgehead atoms. The van der Waals surface area contributed by atoms with Crippen molar-refractivity contribution in [3.63, 3.8) is 0 Å². The van der Waals surface area contributed by atoms with Gasteiger partial charge >= 0.3 is 6.09 Å². The highest BCUT2D eigenvalue weighted by Gasteiger charge is 2.22. The molecule has 0 unspecified atom stereocenters. The first-order valence-electron chi connectivity index (χ1n) is 10.4. The van der Waals surface area contributed by atoms with E-state index in [0.717, 1.165) is 11.1 Å². The third kappa shape index (κ3) is 7.04. The number of ketones is 1. The van der Waals surface area contributed by atoms with Gasteiger partial charge in [-0.15, -0.1) is 0 Å². The first-order valence-corrected chi connectivity index (χ1v) is 10.4. The molecule has 0 saturated carbocycles. The first kappa shape index (κ1) is 23.2. The van der Waals surface area contributed by atoms with Crippen LogP contribution in [0, 0.1) is 11.3 Å². The SMILES string of the molecule is N#CCNC(=O)[C@@H](Cc1ccc(C(=O)c2ccccc2)cc1)NC(=O)OCc1ccccc1. The average Bonchev–Trinajstić information content (AvgIpc) is 2.86. The van der Waals surface area contributed by atoms with Gasteiger partial charge < -0.3 is 15.4 Å². The Morgan fingerprint density at radius 3 is 2.06 bits per heavy atom. The van der Waals surface area contributed by atoms with Crippen LogP contribution in [-0.2, 0) is 22.6 Å². The highest BCUT2D eigenvalue weighted by molar-refractivity contribution is 6.08. The Bertz CT molecular complexity index is 1120. The lowest BCUT2D eigenvalue weighted by molar-refractivity contribution is -0.122. The Labute approximate surface area is 192 Å². The molecule has 7 nitrogen and oxygen atoms in total. The lowest BCUT2D eigenvalue weighted by Gasteiger charge is -2.18. The maximum absolute atomic E-state index is 12.6. The number of ether oxygens (including phenoxy) is 1. The molecule has 0 aromatic heterocycles. The van der Waals surface area contributed by atoms with Crippen molar-refractivity contribution >= 4 is 17.8 Å². The molecule has 166 valence electrons. The van der Waals surface area contributed by atoms with E-state index in [9.17, 15) is 14.4 Å². The van der Waals surface area contributed by atoms with Crippen molar-refractivity contribution in [3.05, 3.63) is 107 Å². The molecule has 3 aromatic carbocycles. The van der Waals surface area contributed by atoms with E-state index in [1.165, 1.54) is 0 Å². The maximum atomic E-state index is 12.6. The second-order valence-corrected chi connectivity index (χ2v) is 7.23. The predicted octanol–water partition coefficient (Wildman–Crippen LogP) is 3.39. The summed E-state index contributed by atoms with van der Waals surface area (Å²) in [4.78, 5) is 37.3. The smallest absolute Gasteiger partial charge is 0.408 e. The van der Waals surface area contributed by atoms with Gasteiger partial charge in [0, 0.05) is 17.5 Å². The highest BCUT2D eigenvalue weighted by Crippen LogP contribution is 2.13. The van der Waals surface area contributed by atoms with Crippen LogP contribution in [0.15, 0.2) is 84.9 Å². The summed E-state index contributed by atoms with van der Waals surface area (Å²) in [6.07, 6.45) is -0.579. The van der Waals surface area contributed by atoms with E-state index in [0.29, 0.717) is 11.1 Å². The van der Waals surface area contributed by atoms with Gasteiger partial charge in [-0.1, -0.05) is 84.9 Å². The molecule has 0 aliphatic carbocycles. The van der Waals surface area contributed by atoms with Crippen molar-refractivity contribution in [2.24, 2.45) is 0 Å². The van der Waals surface area contributed by atoms with Crippen LogP contribution in [0.3, 0.4) is 0 Å². The average molecular weight is 441 g/mol. The molecule has 2 N–H and O–H groups in total. The zero-order valence-corrected chi connectivity index (χ0v) is 17.9. The third-order valence-corrected chi connectivity index (χ3v) is 4.85. The minimum Gasteiger partial charge on any atom is -0.445 e. The van der Waals surface area contributed by atoms with E-state index in [1.807, 2.05) is 42.5 Å². The molecule has 3 aromatic rings. The number of nitrogens with zero attached hydrogens (tertiary/aromatic N) is 1. The second-order valence-electron chi connectivity index (χ2n) is 7.23. The van der Waals surface area contributed by atoms with E-state index < -0.39 is 18.0 Å². The fraction of sp³-hybridized carbons (Fsp3) is 0.154. The number of nitriles is 1. The topological polar surface area (TPSA) is 108 Å². The number of rotatable bonds is 9. The molecular formula is C26H23N3O4. The number of alkyl carbamates (subject to hydrolysis) is 1. The van der Waals surface area contributed by atoms with Gasteiger partial charge in [0.15, 0.2) is 5.78 Å². The Morgan fingerprint density at radius 2 is 1.42 bits per heavy atom.